The molecule has 104 valence electrons. The number of amides is 1. The standard InChI is InChI=1S/C12H21NO5/c1-10(2,3)13(9(16)17)11(4,5)18-7-12(13,6)8(14)15/h7H2,1-6H3,(H-,14,15,16,17)/t12?,13-/m0/s1. The Balaban J connectivity index is 3.70. The number of carboxylic acid groups (broad SMARTS) is 2. The molecular formula is C12H21NO5. The largest absolute Gasteiger partial charge is 0.498 e. The first-order valence-corrected chi connectivity index (χ1v) is 5.83. The number of carbonyl (C=O) groups excluding carboxylic acids is 1. The minimum Gasteiger partial charge on any atom is -0.498 e. The molecule has 6 nitrogen and oxygen atoms in total. The Morgan fingerprint density at radius 1 is 1.28 bits per heavy atom. The van der Waals surface area contributed by atoms with Crippen LogP contribution in [0.5, 0.6) is 0 Å². The maximum atomic E-state index is 11.8. The zero-order valence-corrected chi connectivity index (χ0v) is 11.7. The second kappa shape index (κ2) is 3.68. The fourth-order valence-electron chi connectivity index (χ4n) is 3.55. The van der Waals surface area contributed by atoms with E-state index in [9.17, 15) is 19.8 Å². The molecule has 1 unspecified atom stereocenters. The third-order valence-corrected chi connectivity index (χ3v) is 4.00. The van der Waals surface area contributed by atoms with Crippen molar-refractivity contribution in [2.24, 2.45) is 0 Å². The minimum absolute atomic E-state index is 0.166. The van der Waals surface area contributed by atoms with Crippen LogP contribution in [-0.2, 0) is 9.53 Å². The summed E-state index contributed by atoms with van der Waals surface area (Å²) in [7, 11) is 0. The Morgan fingerprint density at radius 2 is 1.72 bits per heavy atom. The second-order valence-corrected chi connectivity index (χ2v) is 6.42. The van der Waals surface area contributed by atoms with E-state index in [0.717, 1.165) is 0 Å². The van der Waals surface area contributed by atoms with Gasteiger partial charge in [-0.3, -0.25) is 0 Å². The topological polar surface area (TPSA) is 86.7 Å². The maximum Gasteiger partial charge on any atom is 0.368 e. The lowest BCUT2D eigenvalue weighted by Crippen LogP contribution is -2.82. The van der Waals surface area contributed by atoms with Gasteiger partial charge in [-0.2, -0.15) is 0 Å². The van der Waals surface area contributed by atoms with Crippen LogP contribution in [0.15, 0.2) is 0 Å². The molecule has 0 aromatic heterocycles. The van der Waals surface area contributed by atoms with Gasteiger partial charge in [-0.25, -0.2) is 9.28 Å². The summed E-state index contributed by atoms with van der Waals surface area (Å²) >= 11 is 0. The molecule has 0 bridgehead atoms. The molecule has 0 saturated carbocycles. The quantitative estimate of drug-likeness (QED) is 0.695. The van der Waals surface area contributed by atoms with Crippen molar-refractivity contribution in [3.8, 4) is 0 Å². The average Bonchev–Trinajstić information content (AvgIpc) is 2.33. The van der Waals surface area contributed by atoms with Crippen LogP contribution in [0.3, 0.4) is 0 Å². The third kappa shape index (κ3) is 1.42. The Hall–Kier alpha value is -1.14. The van der Waals surface area contributed by atoms with Crippen molar-refractivity contribution < 1.29 is 29.0 Å². The first-order chi connectivity index (χ1) is 7.84. The highest BCUT2D eigenvalue weighted by Gasteiger charge is 2.73. The zero-order chi connectivity index (χ0) is 14.6. The molecule has 0 spiro atoms. The second-order valence-electron chi connectivity index (χ2n) is 6.42. The fraction of sp³-hybridized carbons (Fsp3) is 0.833. The minimum atomic E-state index is -1.58. The molecule has 1 saturated heterocycles. The summed E-state index contributed by atoms with van der Waals surface area (Å²) < 4.78 is 4.72. The van der Waals surface area contributed by atoms with Crippen LogP contribution in [0.25, 0.3) is 0 Å². The van der Waals surface area contributed by atoms with E-state index >= 15 is 0 Å². The smallest absolute Gasteiger partial charge is 0.368 e. The molecule has 1 N–H and O–H groups in total. The van der Waals surface area contributed by atoms with E-state index in [0.29, 0.717) is 0 Å². The van der Waals surface area contributed by atoms with Crippen LogP contribution in [0.2, 0.25) is 0 Å². The van der Waals surface area contributed by atoms with Crippen LogP contribution in [0.4, 0.5) is 4.79 Å². The number of hydrogen-bond acceptors (Lipinski definition) is 4. The first kappa shape index (κ1) is 14.9. The predicted octanol–water partition coefficient (Wildman–Crippen LogP) is 0.555. The number of hydrogen-bond donors (Lipinski definition) is 1. The maximum absolute atomic E-state index is 11.8. The summed E-state index contributed by atoms with van der Waals surface area (Å²) in [6.45, 7) is 9.44. The molecule has 0 aliphatic carbocycles. The van der Waals surface area contributed by atoms with Crippen molar-refractivity contribution in [1.29, 1.82) is 0 Å². The highest BCUT2D eigenvalue weighted by Crippen LogP contribution is 2.49. The van der Waals surface area contributed by atoms with Gasteiger partial charge < -0.3 is 19.7 Å². The summed E-state index contributed by atoms with van der Waals surface area (Å²) in [4.78, 5) is 23.4. The zero-order valence-electron chi connectivity index (χ0n) is 11.7. The Kier molecular flexibility index (Phi) is 3.05. The highest BCUT2D eigenvalue weighted by molar-refractivity contribution is 5.80. The molecule has 6 heteroatoms. The van der Waals surface area contributed by atoms with E-state index in [1.807, 2.05) is 0 Å². The van der Waals surface area contributed by atoms with Crippen molar-refractivity contribution in [3.63, 3.8) is 0 Å². The number of aliphatic carboxylic acids is 1. The molecule has 1 aliphatic heterocycles. The highest BCUT2D eigenvalue weighted by atomic mass is 16.6. The van der Waals surface area contributed by atoms with E-state index in [-0.39, 0.29) is 6.61 Å². The van der Waals surface area contributed by atoms with Gasteiger partial charge in [0, 0.05) is 20.8 Å². The average molecular weight is 259 g/mol. The number of carboxylic acids is 1. The van der Waals surface area contributed by atoms with Gasteiger partial charge in [0.05, 0.1) is 5.54 Å². The van der Waals surface area contributed by atoms with E-state index in [1.165, 1.54) is 6.92 Å². The van der Waals surface area contributed by atoms with Crippen LogP contribution >= 0.6 is 0 Å². The van der Waals surface area contributed by atoms with Crippen LogP contribution < -0.4 is 5.11 Å². The monoisotopic (exact) mass is 259 g/mol. The van der Waals surface area contributed by atoms with Gasteiger partial charge in [-0.1, -0.05) is 0 Å². The van der Waals surface area contributed by atoms with Crippen molar-refractivity contribution in [2.45, 2.75) is 58.3 Å². The van der Waals surface area contributed by atoms with Crippen LogP contribution in [0.1, 0.15) is 41.5 Å². The van der Waals surface area contributed by atoms with E-state index < -0.39 is 33.3 Å². The number of ether oxygens (including phenoxy) is 1. The summed E-state index contributed by atoms with van der Waals surface area (Å²) in [5.41, 5.74) is -3.64. The van der Waals surface area contributed by atoms with Crippen LogP contribution in [0, 0.1) is 0 Å². The Bertz CT molecular complexity index is 398. The van der Waals surface area contributed by atoms with Gasteiger partial charge in [0.2, 0.25) is 11.3 Å². The molecule has 1 amide bonds. The van der Waals surface area contributed by atoms with Gasteiger partial charge in [0.1, 0.15) is 6.61 Å². The molecule has 0 aromatic carbocycles. The van der Waals surface area contributed by atoms with Crippen LogP contribution in [-0.4, -0.2) is 45.1 Å². The lowest BCUT2D eigenvalue weighted by Gasteiger charge is -2.56. The molecule has 1 fully saturated rings. The third-order valence-electron chi connectivity index (χ3n) is 4.00. The molecule has 1 aliphatic rings. The summed E-state index contributed by atoms with van der Waals surface area (Å²) in [5, 5.41) is 21.3. The van der Waals surface area contributed by atoms with E-state index in [1.54, 1.807) is 34.6 Å². The normalized spacial score (nSPS) is 35.4. The molecular weight excluding hydrogens is 238 g/mol. The number of nitrogens with zero attached hydrogens (tertiary/aromatic N) is 1. The van der Waals surface area contributed by atoms with E-state index in [2.05, 4.69) is 0 Å². The van der Waals surface area contributed by atoms with Gasteiger partial charge in [-0.15, -0.1) is 0 Å². The van der Waals surface area contributed by atoms with Crippen molar-refractivity contribution in [1.82, 2.24) is 0 Å². The van der Waals surface area contributed by atoms with E-state index in [4.69, 9.17) is 4.74 Å². The van der Waals surface area contributed by atoms with Gasteiger partial charge >= 0.3 is 5.97 Å². The Morgan fingerprint density at radius 3 is 1.94 bits per heavy atom. The molecule has 2 atom stereocenters. The van der Waals surface area contributed by atoms with Crippen molar-refractivity contribution in [2.75, 3.05) is 6.61 Å². The molecule has 18 heavy (non-hydrogen) atoms. The predicted molar refractivity (Wildman–Crippen MR) is 61.5 cm³/mol. The lowest BCUT2D eigenvalue weighted by molar-refractivity contribution is -0.992. The Labute approximate surface area is 107 Å². The summed E-state index contributed by atoms with van der Waals surface area (Å²) in [6, 6.07) is 0. The van der Waals surface area contributed by atoms with Crippen molar-refractivity contribution >= 4 is 12.1 Å². The molecule has 0 aromatic rings. The SMILES string of the molecule is CC(C)(C)[N@@+]1(C(=O)[O-])C(C)(C)OCC1(C)C(=O)O. The fourth-order valence-corrected chi connectivity index (χ4v) is 3.55. The first-order valence-electron chi connectivity index (χ1n) is 5.83. The number of rotatable bonds is 1. The van der Waals surface area contributed by atoms with Gasteiger partial charge in [0.15, 0.2) is 0 Å². The molecule has 1 rings (SSSR count). The van der Waals surface area contributed by atoms with Gasteiger partial charge in [-0.05, 0) is 20.8 Å². The summed E-state index contributed by atoms with van der Waals surface area (Å²) in [6.07, 6.45) is -1.44. The number of carbonyl (C=O) groups is 2. The molecule has 0 radical (unpaired) electrons. The van der Waals surface area contributed by atoms with Gasteiger partial charge in [0.25, 0.3) is 6.09 Å². The number of quaternary nitrogens is 1. The summed E-state index contributed by atoms with van der Waals surface area (Å²) in [5.74, 6) is -1.20. The van der Waals surface area contributed by atoms with Crippen molar-refractivity contribution in [3.05, 3.63) is 0 Å². The lowest BCUT2D eigenvalue weighted by atomic mass is 9.87. The molecule has 1 heterocycles.